The fourth-order valence-corrected chi connectivity index (χ4v) is 7.81. The summed E-state index contributed by atoms with van der Waals surface area (Å²) in [5.41, 5.74) is -0.855. The van der Waals surface area contributed by atoms with Gasteiger partial charge >= 0.3 is 0 Å². The molecule has 2 aliphatic heterocycles. The Labute approximate surface area is 203 Å². The van der Waals surface area contributed by atoms with Crippen LogP contribution >= 0.6 is 0 Å². The molecule has 0 N–H and O–H groups in total. The van der Waals surface area contributed by atoms with Crippen molar-refractivity contribution in [3.8, 4) is 0 Å². The maximum absolute atomic E-state index is 11.6. The second-order valence-electron chi connectivity index (χ2n) is 11.4. The largest absolute Gasteiger partial charge is 0.282 e. The molecule has 13 heteroatoms. The van der Waals surface area contributed by atoms with Crippen LogP contribution in [0.1, 0.15) is 68.7 Å². The first-order valence-corrected chi connectivity index (χ1v) is 15.8. The highest BCUT2D eigenvalue weighted by molar-refractivity contribution is 7.89. The minimum absolute atomic E-state index is 0.241. The Morgan fingerprint density at radius 3 is 1.30 bits per heavy atom. The van der Waals surface area contributed by atoms with Crippen LogP contribution in [0.15, 0.2) is 0 Å². The van der Waals surface area contributed by atoms with Crippen LogP contribution in [0.2, 0.25) is 0 Å². The predicted octanol–water partition coefficient (Wildman–Crippen LogP) is 1.77. The molecule has 2 aliphatic rings. The van der Waals surface area contributed by atoms with E-state index in [-0.39, 0.29) is 16.6 Å². The Bertz CT molecular complexity index is 957. The van der Waals surface area contributed by atoms with Gasteiger partial charge in [0.15, 0.2) is 0 Å². The van der Waals surface area contributed by atoms with Gasteiger partial charge in [-0.3, -0.25) is 0 Å². The van der Waals surface area contributed by atoms with Gasteiger partial charge in [-0.05, 0) is 68.7 Å². The van der Waals surface area contributed by atoms with Gasteiger partial charge in [0, 0.05) is 50.3 Å². The fraction of sp³-hybridized carbons (Fsp3) is 1.00. The lowest BCUT2D eigenvalue weighted by Gasteiger charge is -2.29. The molecule has 2 saturated heterocycles. The topological polar surface area (TPSA) is 115 Å². The van der Waals surface area contributed by atoms with E-state index < -0.39 is 30.3 Å². The molecule has 2 fully saturated rings. The highest BCUT2D eigenvalue weighted by Gasteiger charge is 2.40. The van der Waals surface area contributed by atoms with Crippen LogP contribution in [0.4, 0.5) is 0 Å². The highest BCUT2D eigenvalue weighted by Crippen LogP contribution is 2.25. The first-order chi connectivity index (χ1) is 14.3. The van der Waals surface area contributed by atoms with Crippen molar-refractivity contribution in [2.45, 2.75) is 85.4 Å². The minimum atomic E-state index is -3.16. The third-order valence-electron chi connectivity index (χ3n) is 5.33. The van der Waals surface area contributed by atoms with Crippen molar-refractivity contribution in [3.05, 3.63) is 0 Å². The third kappa shape index (κ3) is 9.69. The first-order valence-electron chi connectivity index (χ1n) is 10.9. The Morgan fingerprint density at radius 1 is 0.758 bits per heavy atom. The van der Waals surface area contributed by atoms with Crippen LogP contribution in [0.25, 0.3) is 0 Å². The summed E-state index contributed by atoms with van der Waals surface area (Å²) in [6.45, 7) is 18.9. The van der Waals surface area contributed by atoms with E-state index in [0.717, 1.165) is 6.42 Å². The van der Waals surface area contributed by atoms with E-state index in [1.54, 1.807) is 18.4 Å². The Hall–Kier alpha value is -0.310. The van der Waals surface area contributed by atoms with Crippen LogP contribution in [-0.2, 0) is 30.3 Å². The number of likely N-dealkylation sites (N-methyl/N-ethyl adjacent to an activating group) is 1. The summed E-state index contributed by atoms with van der Waals surface area (Å²) in [4.78, 5) is 0. The predicted molar refractivity (Wildman–Crippen MR) is 135 cm³/mol. The molecule has 0 amide bonds. The standard InChI is InChI=1S/C7H16N2O2S.C7H15NO2S.C6H15NO2S/c1-7(2,3)9-6-5-8(4)12(9,10)11;1-7(2,3)8-5-4-6-11(8,9)10;1-6(2,3)7(4)10(5,8)9/h5-6H2,1-4H3;4-6H2,1-3H3;1-5H3. The molecule has 33 heavy (non-hydrogen) atoms. The number of sulfonamides is 2. The fourth-order valence-electron chi connectivity index (χ4n) is 3.20. The third-order valence-corrected chi connectivity index (χ3v) is 11.3. The summed E-state index contributed by atoms with van der Waals surface area (Å²) in [5, 5.41) is 0. The van der Waals surface area contributed by atoms with E-state index in [2.05, 4.69) is 0 Å². The van der Waals surface area contributed by atoms with Crippen LogP contribution < -0.4 is 0 Å². The summed E-state index contributed by atoms with van der Waals surface area (Å²) in [7, 11) is -5.90. The van der Waals surface area contributed by atoms with Crippen molar-refractivity contribution in [2.75, 3.05) is 45.7 Å². The second kappa shape index (κ2) is 10.8. The maximum Gasteiger partial charge on any atom is 0.282 e. The molecule has 2 heterocycles. The van der Waals surface area contributed by atoms with E-state index in [0.29, 0.717) is 25.4 Å². The number of hydrogen-bond acceptors (Lipinski definition) is 6. The van der Waals surface area contributed by atoms with Gasteiger partial charge < -0.3 is 0 Å². The zero-order valence-corrected chi connectivity index (χ0v) is 24.9. The molecule has 0 spiro atoms. The average molecular weight is 535 g/mol. The molecule has 0 aromatic carbocycles. The molecule has 200 valence electrons. The van der Waals surface area contributed by atoms with E-state index in [4.69, 9.17) is 0 Å². The molecule has 0 bridgehead atoms. The van der Waals surface area contributed by atoms with Gasteiger partial charge in [0.05, 0.1) is 12.0 Å². The highest BCUT2D eigenvalue weighted by atomic mass is 32.2. The van der Waals surface area contributed by atoms with E-state index in [1.807, 2.05) is 62.3 Å². The Morgan fingerprint density at radius 2 is 1.18 bits per heavy atom. The minimum Gasteiger partial charge on any atom is -0.212 e. The van der Waals surface area contributed by atoms with Crippen molar-refractivity contribution >= 4 is 30.3 Å². The summed E-state index contributed by atoms with van der Waals surface area (Å²) in [6.07, 6.45) is 1.98. The quantitative estimate of drug-likeness (QED) is 0.506. The van der Waals surface area contributed by atoms with Gasteiger partial charge in [-0.15, -0.1) is 0 Å². The summed E-state index contributed by atoms with van der Waals surface area (Å²) in [6, 6.07) is 0. The first kappa shape index (κ1) is 32.7. The van der Waals surface area contributed by atoms with Crippen molar-refractivity contribution in [1.82, 2.24) is 17.2 Å². The lowest BCUT2D eigenvalue weighted by Crippen LogP contribution is -2.44. The molecule has 0 radical (unpaired) electrons. The molecule has 0 unspecified atom stereocenters. The summed E-state index contributed by atoms with van der Waals surface area (Å²) >= 11 is 0. The number of rotatable bonds is 1. The molecular formula is C20H46N4O6S3. The van der Waals surface area contributed by atoms with E-state index in [9.17, 15) is 25.3 Å². The van der Waals surface area contributed by atoms with Crippen LogP contribution in [0.3, 0.4) is 0 Å². The zero-order valence-electron chi connectivity index (χ0n) is 22.5. The second-order valence-corrected chi connectivity index (χ2v) is 17.4. The SMILES string of the molecule is CC(C)(C)N1CCCS1(=O)=O.CN(C(C)(C)C)S(C)(=O)=O.CN1CCN(C(C)(C)C)S1(=O)=O. The van der Waals surface area contributed by atoms with Gasteiger partial charge in [-0.1, -0.05) is 0 Å². The van der Waals surface area contributed by atoms with Crippen LogP contribution in [0, 0.1) is 0 Å². The molecule has 0 aromatic heterocycles. The maximum atomic E-state index is 11.6. The lowest BCUT2D eigenvalue weighted by molar-refractivity contribution is 0.267. The Kier molecular flexibility index (Phi) is 10.7. The molecule has 0 atom stereocenters. The van der Waals surface area contributed by atoms with Gasteiger partial charge in [-0.25, -0.2) is 16.8 Å². The van der Waals surface area contributed by atoms with Crippen molar-refractivity contribution in [2.24, 2.45) is 0 Å². The van der Waals surface area contributed by atoms with Gasteiger partial charge in [0.2, 0.25) is 20.0 Å². The smallest absolute Gasteiger partial charge is 0.212 e. The molecule has 0 aromatic rings. The monoisotopic (exact) mass is 534 g/mol. The lowest BCUT2D eigenvalue weighted by atomic mass is 10.1. The molecular weight excluding hydrogens is 488 g/mol. The van der Waals surface area contributed by atoms with Crippen LogP contribution in [-0.4, -0.2) is 105 Å². The zero-order chi connectivity index (χ0) is 26.8. The van der Waals surface area contributed by atoms with Crippen molar-refractivity contribution in [3.63, 3.8) is 0 Å². The van der Waals surface area contributed by atoms with Crippen molar-refractivity contribution in [1.29, 1.82) is 0 Å². The molecule has 10 nitrogen and oxygen atoms in total. The molecule has 0 saturated carbocycles. The normalized spacial score (nSPS) is 22.5. The van der Waals surface area contributed by atoms with Crippen LogP contribution in [0.5, 0.6) is 0 Å². The van der Waals surface area contributed by atoms with E-state index in [1.165, 1.54) is 19.2 Å². The van der Waals surface area contributed by atoms with Gasteiger partial charge in [0.25, 0.3) is 10.2 Å². The average Bonchev–Trinajstić information content (AvgIpc) is 3.04. The molecule has 2 rings (SSSR count). The van der Waals surface area contributed by atoms with Gasteiger partial charge in [-0.2, -0.15) is 25.6 Å². The summed E-state index contributed by atoms with van der Waals surface area (Å²) < 4.78 is 73.5. The molecule has 0 aliphatic carbocycles. The van der Waals surface area contributed by atoms with Crippen molar-refractivity contribution < 1.29 is 25.3 Å². The number of nitrogens with zero attached hydrogens (tertiary/aromatic N) is 4. The van der Waals surface area contributed by atoms with E-state index >= 15 is 0 Å². The Balaban J connectivity index is 0.000000468. The number of hydrogen-bond donors (Lipinski definition) is 0. The van der Waals surface area contributed by atoms with Gasteiger partial charge in [0.1, 0.15) is 0 Å². The summed E-state index contributed by atoms with van der Waals surface area (Å²) in [5.74, 6) is 0.324.